The number of nitrogens with zero attached hydrogens (tertiary/aromatic N) is 1. The van der Waals surface area contributed by atoms with E-state index in [2.05, 4.69) is 53.1 Å². The number of benzene rings is 1. The first kappa shape index (κ1) is 18.4. The second kappa shape index (κ2) is 8.14. The highest BCUT2D eigenvalue weighted by molar-refractivity contribution is 9.11. The summed E-state index contributed by atoms with van der Waals surface area (Å²) in [7, 11) is 0. The van der Waals surface area contributed by atoms with Crippen LogP contribution in [0.25, 0.3) is 0 Å². The van der Waals surface area contributed by atoms with E-state index >= 15 is 0 Å². The normalized spacial score (nSPS) is 11.9. The Hall–Kier alpha value is -0.600. The molecule has 0 aliphatic carbocycles. The fraction of sp³-hybridized carbons (Fsp3) is 0.385. The number of carbonyl (C=O) groups is 2. The van der Waals surface area contributed by atoms with Gasteiger partial charge in [-0.2, -0.15) is 0 Å². The number of urea groups is 1. The number of amides is 2. The number of halogens is 3. The molecule has 0 saturated carbocycles. The molecule has 5 nitrogen and oxygen atoms in total. The lowest BCUT2D eigenvalue weighted by Crippen LogP contribution is -2.39. The van der Waals surface area contributed by atoms with Crippen molar-refractivity contribution < 1.29 is 14.7 Å². The highest BCUT2D eigenvalue weighted by Crippen LogP contribution is 2.34. The number of carbonyl (C=O) groups excluding carboxylic acids is 1. The minimum atomic E-state index is -0.924. The van der Waals surface area contributed by atoms with Gasteiger partial charge in [0.25, 0.3) is 0 Å². The van der Waals surface area contributed by atoms with Gasteiger partial charge in [0, 0.05) is 26.5 Å². The Morgan fingerprint density at radius 1 is 1.29 bits per heavy atom. The molecule has 1 rings (SSSR count). The summed E-state index contributed by atoms with van der Waals surface area (Å²) in [4.78, 5) is 24.6. The van der Waals surface area contributed by atoms with Crippen LogP contribution in [0.15, 0.2) is 25.6 Å². The molecule has 0 fully saturated rings. The molecule has 0 aliphatic heterocycles. The molecule has 0 saturated heterocycles. The summed E-state index contributed by atoms with van der Waals surface area (Å²) in [6, 6.07) is 3.29. The second-order valence-corrected chi connectivity index (χ2v) is 7.08. The number of anilines is 1. The molecule has 0 spiro atoms. The van der Waals surface area contributed by atoms with Crippen molar-refractivity contribution in [2.24, 2.45) is 5.92 Å². The Morgan fingerprint density at radius 2 is 1.81 bits per heavy atom. The van der Waals surface area contributed by atoms with Crippen molar-refractivity contribution in [3.63, 3.8) is 0 Å². The smallest absolute Gasteiger partial charge is 0.321 e. The van der Waals surface area contributed by atoms with Crippen molar-refractivity contribution in [3.8, 4) is 0 Å². The first-order valence-corrected chi connectivity index (χ1v) is 8.57. The van der Waals surface area contributed by atoms with Crippen molar-refractivity contribution in [2.75, 3.05) is 18.4 Å². The molecule has 0 aliphatic rings. The molecule has 1 unspecified atom stereocenters. The fourth-order valence-corrected chi connectivity index (χ4v) is 4.07. The molecule has 0 heterocycles. The first-order valence-electron chi connectivity index (χ1n) is 6.19. The van der Waals surface area contributed by atoms with Gasteiger partial charge in [0.05, 0.1) is 11.6 Å². The highest BCUT2D eigenvalue weighted by atomic mass is 79.9. The van der Waals surface area contributed by atoms with Crippen LogP contribution in [0.1, 0.15) is 13.8 Å². The summed E-state index contributed by atoms with van der Waals surface area (Å²) in [5.41, 5.74) is 0.602. The zero-order chi connectivity index (χ0) is 16.2. The molecule has 116 valence electrons. The average molecular weight is 487 g/mol. The maximum atomic E-state index is 12.3. The monoisotopic (exact) mass is 484 g/mol. The second-order valence-electron chi connectivity index (χ2n) is 4.45. The van der Waals surface area contributed by atoms with Crippen molar-refractivity contribution in [2.45, 2.75) is 13.8 Å². The SMILES string of the molecule is CCN(CC(C)C(=O)O)C(=O)Nc1c(Br)cc(Br)cc1Br. The van der Waals surface area contributed by atoms with Gasteiger partial charge in [0.2, 0.25) is 0 Å². The van der Waals surface area contributed by atoms with Gasteiger partial charge in [-0.3, -0.25) is 4.79 Å². The van der Waals surface area contributed by atoms with E-state index in [9.17, 15) is 9.59 Å². The molecule has 21 heavy (non-hydrogen) atoms. The third kappa shape index (κ3) is 5.27. The Balaban J connectivity index is 2.86. The van der Waals surface area contributed by atoms with Crippen LogP contribution in [0.3, 0.4) is 0 Å². The van der Waals surface area contributed by atoms with E-state index in [1.165, 1.54) is 4.90 Å². The molecule has 0 radical (unpaired) electrons. The molecule has 8 heteroatoms. The summed E-state index contributed by atoms with van der Waals surface area (Å²) in [5, 5.41) is 11.7. The Labute approximate surface area is 148 Å². The van der Waals surface area contributed by atoms with E-state index in [0.717, 1.165) is 13.4 Å². The molecule has 2 N–H and O–H groups in total. The van der Waals surface area contributed by atoms with Gasteiger partial charge in [-0.15, -0.1) is 0 Å². The van der Waals surface area contributed by atoms with Gasteiger partial charge in [0.15, 0.2) is 0 Å². The van der Waals surface area contributed by atoms with Gasteiger partial charge in [-0.1, -0.05) is 22.9 Å². The van der Waals surface area contributed by atoms with Crippen LogP contribution < -0.4 is 5.32 Å². The van der Waals surface area contributed by atoms with Gasteiger partial charge in [-0.05, 0) is 50.9 Å². The van der Waals surface area contributed by atoms with Crippen LogP contribution in [-0.2, 0) is 4.79 Å². The van der Waals surface area contributed by atoms with Gasteiger partial charge in [-0.25, -0.2) is 4.79 Å². The summed E-state index contributed by atoms with van der Waals surface area (Å²) in [6.07, 6.45) is 0. The van der Waals surface area contributed by atoms with E-state index < -0.39 is 11.9 Å². The third-order valence-corrected chi connectivity index (χ3v) is 4.53. The fourth-order valence-electron chi connectivity index (χ4n) is 1.61. The molecule has 1 aromatic rings. The van der Waals surface area contributed by atoms with Crippen LogP contribution in [-0.4, -0.2) is 35.1 Å². The van der Waals surface area contributed by atoms with Crippen molar-refractivity contribution in [1.82, 2.24) is 4.90 Å². The number of hydrogen-bond acceptors (Lipinski definition) is 2. The average Bonchev–Trinajstić information content (AvgIpc) is 2.39. The summed E-state index contributed by atoms with van der Waals surface area (Å²) in [5.74, 6) is -1.54. The van der Waals surface area contributed by atoms with Gasteiger partial charge in [0.1, 0.15) is 0 Å². The quantitative estimate of drug-likeness (QED) is 0.641. The van der Waals surface area contributed by atoms with E-state index in [4.69, 9.17) is 5.11 Å². The Bertz CT molecular complexity index is 528. The lowest BCUT2D eigenvalue weighted by molar-refractivity contribution is -0.141. The van der Waals surface area contributed by atoms with Crippen LogP contribution in [0.4, 0.5) is 10.5 Å². The highest BCUT2D eigenvalue weighted by Gasteiger charge is 2.20. The van der Waals surface area contributed by atoms with Crippen molar-refractivity contribution in [3.05, 3.63) is 25.6 Å². The maximum absolute atomic E-state index is 12.3. The molecule has 1 atom stereocenters. The summed E-state index contributed by atoms with van der Waals surface area (Å²) >= 11 is 10.1. The zero-order valence-corrected chi connectivity index (χ0v) is 16.2. The number of aliphatic carboxylic acids is 1. The van der Waals surface area contributed by atoms with Crippen molar-refractivity contribution in [1.29, 1.82) is 0 Å². The third-order valence-electron chi connectivity index (χ3n) is 2.82. The lowest BCUT2D eigenvalue weighted by Gasteiger charge is -2.24. The standard InChI is InChI=1S/C13H15Br3N2O3/c1-3-18(6-7(2)12(19)20)13(21)17-11-9(15)4-8(14)5-10(11)16/h4-5,7H,3,6H2,1-2H3,(H,17,21)(H,19,20). The number of hydrogen-bond donors (Lipinski definition) is 2. The summed E-state index contributed by atoms with van der Waals surface area (Å²) in [6.45, 7) is 3.96. The zero-order valence-electron chi connectivity index (χ0n) is 11.5. The minimum absolute atomic E-state index is 0.156. The molecule has 2 amide bonds. The predicted octanol–water partition coefficient (Wildman–Crippen LogP) is 4.55. The molecule has 1 aromatic carbocycles. The molecular formula is C13H15Br3N2O3. The maximum Gasteiger partial charge on any atom is 0.321 e. The Morgan fingerprint density at radius 3 is 2.24 bits per heavy atom. The van der Waals surface area contributed by atoms with Gasteiger partial charge >= 0.3 is 12.0 Å². The van der Waals surface area contributed by atoms with Crippen molar-refractivity contribution >= 4 is 65.5 Å². The lowest BCUT2D eigenvalue weighted by atomic mass is 10.2. The van der Waals surface area contributed by atoms with Crippen LogP contribution in [0.5, 0.6) is 0 Å². The Kier molecular flexibility index (Phi) is 7.15. The minimum Gasteiger partial charge on any atom is -0.481 e. The van der Waals surface area contributed by atoms with Crippen LogP contribution in [0, 0.1) is 5.92 Å². The predicted molar refractivity (Wildman–Crippen MR) is 92.6 cm³/mol. The van der Waals surface area contributed by atoms with E-state index in [1.54, 1.807) is 13.8 Å². The molecule has 0 aromatic heterocycles. The molecular weight excluding hydrogens is 472 g/mol. The number of rotatable bonds is 5. The van der Waals surface area contributed by atoms with Gasteiger partial charge < -0.3 is 15.3 Å². The first-order chi connectivity index (χ1) is 9.76. The number of nitrogens with one attached hydrogen (secondary N) is 1. The summed E-state index contributed by atoms with van der Waals surface area (Å²) < 4.78 is 2.31. The molecule has 0 bridgehead atoms. The van der Waals surface area contributed by atoms with E-state index in [1.807, 2.05) is 12.1 Å². The number of carboxylic acids is 1. The largest absolute Gasteiger partial charge is 0.481 e. The van der Waals surface area contributed by atoms with E-state index in [-0.39, 0.29) is 12.6 Å². The van der Waals surface area contributed by atoms with E-state index in [0.29, 0.717) is 12.2 Å². The van der Waals surface area contributed by atoms with Crippen LogP contribution >= 0.6 is 47.8 Å². The number of carboxylic acid groups (broad SMARTS) is 1. The van der Waals surface area contributed by atoms with Crippen LogP contribution in [0.2, 0.25) is 0 Å². The topological polar surface area (TPSA) is 69.6 Å².